The Kier molecular flexibility index (Phi) is 7.79. The lowest BCUT2D eigenvalue weighted by Crippen LogP contribution is -2.36. The smallest absolute Gasteiger partial charge is 0.303 e. The highest BCUT2D eigenvalue weighted by atomic mass is 35.5. The van der Waals surface area contributed by atoms with Crippen molar-refractivity contribution in [2.45, 2.75) is 79.6 Å². The lowest BCUT2D eigenvalue weighted by atomic mass is 9.73. The van der Waals surface area contributed by atoms with Gasteiger partial charge in [0.05, 0.1) is 0 Å². The van der Waals surface area contributed by atoms with E-state index in [2.05, 4.69) is 53.7 Å². The second-order valence-corrected chi connectivity index (χ2v) is 11.0. The summed E-state index contributed by atoms with van der Waals surface area (Å²) in [5, 5.41) is 9.65. The van der Waals surface area contributed by atoms with Crippen LogP contribution in [0.25, 0.3) is 0 Å². The van der Waals surface area contributed by atoms with Gasteiger partial charge in [0.15, 0.2) is 0 Å². The van der Waals surface area contributed by atoms with E-state index in [1.54, 1.807) is 4.90 Å². The molecule has 1 unspecified atom stereocenters. The Morgan fingerprint density at radius 2 is 1.87 bits per heavy atom. The number of halogens is 1. The van der Waals surface area contributed by atoms with Crippen molar-refractivity contribution in [2.24, 2.45) is 10.8 Å². The number of carboxylic acids is 1. The zero-order valence-corrected chi connectivity index (χ0v) is 20.0. The highest BCUT2D eigenvalue weighted by Gasteiger charge is 2.34. The average molecular weight is 434 g/mol. The summed E-state index contributed by atoms with van der Waals surface area (Å²) in [5.74, 6) is -0.813. The highest BCUT2D eigenvalue weighted by Crippen LogP contribution is 2.43. The highest BCUT2D eigenvalue weighted by molar-refractivity contribution is 6.31. The minimum atomic E-state index is -0.835. The predicted octanol–water partition coefficient (Wildman–Crippen LogP) is 6.43. The van der Waals surface area contributed by atoms with E-state index in [0.717, 1.165) is 29.0 Å². The van der Waals surface area contributed by atoms with Crippen LogP contribution in [-0.2, 0) is 16.0 Å². The molecule has 1 atom stereocenters. The molecule has 5 heteroatoms. The summed E-state index contributed by atoms with van der Waals surface area (Å²) in [6.45, 7) is 13.6. The van der Waals surface area contributed by atoms with Crippen LogP contribution < -0.4 is 0 Å². The number of hydrogen-bond donors (Lipinski definition) is 1. The lowest BCUT2D eigenvalue weighted by molar-refractivity contribution is -0.138. The Morgan fingerprint density at radius 3 is 2.40 bits per heavy atom. The first kappa shape index (κ1) is 24.5. The third-order valence-corrected chi connectivity index (χ3v) is 6.00. The summed E-state index contributed by atoms with van der Waals surface area (Å²) < 4.78 is 0. The van der Waals surface area contributed by atoms with Crippen molar-refractivity contribution in [1.29, 1.82) is 0 Å². The minimum absolute atomic E-state index is 0.0117. The molecule has 166 valence electrons. The van der Waals surface area contributed by atoms with Gasteiger partial charge in [-0.25, -0.2) is 0 Å². The van der Waals surface area contributed by atoms with Gasteiger partial charge in [0.1, 0.15) is 0 Å². The van der Waals surface area contributed by atoms with Crippen LogP contribution in [0.2, 0.25) is 5.02 Å². The summed E-state index contributed by atoms with van der Waals surface area (Å²) in [7, 11) is 0. The summed E-state index contributed by atoms with van der Waals surface area (Å²) in [4.78, 5) is 25.3. The fourth-order valence-electron chi connectivity index (χ4n) is 3.83. The van der Waals surface area contributed by atoms with E-state index in [1.807, 2.05) is 12.3 Å². The van der Waals surface area contributed by atoms with Crippen molar-refractivity contribution in [2.75, 3.05) is 6.54 Å². The topological polar surface area (TPSA) is 57.6 Å². The van der Waals surface area contributed by atoms with Gasteiger partial charge in [-0.1, -0.05) is 65.3 Å². The van der Waals surface area contributed by atoms with E-state index in [0.29, 0.717) is 19.4 Å². The number of allylic oxidation sites excluding steroid dienone is 1. The molecular formula is C25H36ClNO3. The summed E-state index contributed by atoms with van der Waals surface area (Å²) in [6.07, 6.45) is 4.84. The van der Waals surface area contributed by atoms with Crippen molar-refractivity contribution in [3.8, 4) is 0 Å². The van der Waals surface area contributed by atoms with Crippen LogP contribution in [0.3, 0.4) is 0 Å². The van der Waals surface area contributed by atoms with Crippen molar-refractivity contribution in [3.05, 3.63) is 46.1 Å². The SMILES string of the molecule is CC(C)(C)CCc1ccc(C2CC(=O)N(CCCC(=O)O)C=C2C(C)(C)C)cc1Cl. The standard InChI is InChI=1S/C25H36ClNO3/c1-24(2,3)12-11-17-9-10-18(14-21(17)26)19-15-22(28)27(13-7-8-23(29)30)16-20(19)25(4,5)6/h9-10,14,16,19H,7-8,11-13,15H2,1-6H3,(H,29,30). The molecule has 1 aliphatic heterocycles. The van der Waals surface area contributed by atoms with Crippen LogP contribution in [0.1, 0.15) is 84.3 Å². The molecule has 4 nitrogen and oxygen atoms in total. The minimum Gasteiger partial charge on any atom is -0.481 e. The zero-order valence-electron chi connectivity index (χ0n) is 19.2. The quantitative estimate of drug-likeness (QED) is 0.539. The van der Waals surface area contributed by atoms with Crippen LogP contribution >= 0.6 is 11.6 Å². The van der Waals surface area contributed by atoms with E-state index >= 15 is 0 Å². The van der Waals surface area contributed by atoms with Crippen LogP contribution in [0.4, 0.5) is 0 Å². The molecule has 2 rings (SSSR count). The fraction of sp³-hybridized carbons (Fsp3) is 0.600. The number of carboxylic acid groups (broad SMARTS) is 1. The molecule has 0 bridgehead atoms. The van der Waals surface area contributed by atoms with Gasteiger partial charge in [-0.05, 0) is 52.9 Å². The zero-order chi connectivity index (χ0) is 22.7. The maximum Gasteiger partial charge on any atom is 0.303 e. The van der Waals surface area contributed by atoms with Crippen molar-refractivity contribution >= 4 is 23.5 Å². The van der Waals surface area contributed by atoms with E-state index in [9.17, 15) is 9.59 Å². The molecule has 1 aliphatic rings. The van der Waals surface area contributed by atoms with Gasteiger partial charge in [0, 0.05) is 36.5 Å². The van der Waals surface area contributed by atoms with Gasteiger partial charge in [0.25, 0.3) is 0 Å². The lowest BCUT2D eigenvalue weighted by Gasteiger charge is -2.37. The largest absolute Gasteiger partial charge is 0.481 e. The third kappa shape index (κ3) is 6.87. The normalized spacial score (nSPS) is 17.8. The molecule has 0 aliphatic carbocycles. The van der Waals surface area contributed by atoms with E-state index in [4.69, 9.17) is 16.7 Å². The fourth-order valence-corrected chi connectivity index (χ4v) is 4.11. The first-order valence-electron chi connectivity index (χ1n) is 10.8. The van der Waals surface area contributed by atoms with E-state index in [1.165, 1.54) is 5.57 Å². The number of benzene rings is 1. The molecule has 1 heterocycles. The van der Waals surface area contributed by atoms with Crippen molar-refractivity contribution < 1.29 is 14.7 Å². The van der Waals surface area contributed by atoms with Gasteiger partial charge >= 0.3 is 5.97 Å². The molecule has 1 aromatic carbocycles. The summed E-state index contributed by atoms with van der Waals surface area (Å²) in [5.41, 5.74) is 3.53. The monoisotopic (exact) mass is 433 g/mol. The summed E-state index contributed by atoms with van der Waals surface area (Å²) >= 11 is 6.63. The number of aryl methyl sites for hydroxylation is 1. The predicted molar refractivity (Wildman–Crippen MR) is 123 cm³/mol. The van der Waals surface area contributed by atoms with E-state index in [-0.39, 0.29) is 29.1 Å². The maximum absolute atomic E-state index is 12.8. The Morgan fingerprint density at radius 1 is 1.20 bits per heavy atom. The van der Waals surface area contributed by atoms with Crippen molar-refractivity contribution in [1.82, 2.24) is 4.90 Å². The molecule has 1 amide bonds. The number of carbonyl (C=O) groups is 2. The number of nitrogens with zero attached hydrogens (tertiary/aromatic N) is 1. The second kappa shape index (κ2) is 9.55. The van der Waals surface area contributed by atoms with Crippen LogP contribution in [0.5, 0.6) is 0 Å². The Balaban J connectivity index is 2.28. The number of amides is 1. The first-order valence-corrected chi connectivity index (χ1v) is 11.2. The van der Waals surface area contributed by atoms with Crippen LogP contribution in [0.15, 0.2) is 30.0 Å². The van der Waals surface area contributed by atoms with Crippen LogP contribution in [0, 0.1) is 10.8 Å². The van der Waals surface area contributed by atoms with Gasteiger partial charge in [-0.3, -0.25) is 9.59 Å². The maximum atomic E-state index is 12.8. The van der Waals surface area contributed by atoms with Gasteiger partial charge in [0.2, 0.25) is 5.91 Å². The number of aliphatic carboxylic acids is 1. The first-order chi connectivity index (χ1) is 13.8. The molecular weight excluding hydrogens is 398 g/mol. The molecule has 0 saturated carbocycles. The third-order valence-electron chi connectivity index (χ3n) is 5.65. The molecule has 0 radical (unpaired) electrons. The van der Waals surface area contributed by atoms with Crippen molar-refractivity contribution in [3.63, 3.8) is 0 Å². The molecule has 0 spiro atoms. The second-order valence-electron chi connectivity index (χ2n) is 10.6. The molecule has 0 fully saturated rings. The van der Waals surface area contributed by atoms with Gasteiger partial charge in [-0.2, -0.15) is 0 Å². The number of rotatable bonds is 7. The molecule has 0 saturated heterocycles. The molecule has 1 N–H and O–H groups in total. The Hall–Kier alpha value is -1.81. The Labute approximate surface area is 186 Å². The van der Waals surface area contributed by atoms with Gasteiger partial charge < -0.3 is 10.0 Å². The molecule has 1 aromatic rings. The number of hydrogen-bond acceptors (Lipinski definition) is 2. The average Bonchev–Trinajstić information content (AvgIpc) is 2.59. The molecule has 30 heavy (non-hydrogen) atoms. The van der Waals surface area contributed by atoms with Gasteiger partial charge in [-0.15, -0.1) is 0 Å². The Bertz CT molecular complexity index is 815. The molecule has 0 aromatic heterocycles. The number of carbonyl (C=O) groups excluding carboxylic acids is 1. The summed E-state index contributed by atoms with van der Waals surface area (Å²) in [6, 6.07) is 6.24. The van der Waals surface area contributed by atoms with Crippen LogP contribution in [-0.4, -0.2) is 28.4 Å². The van der Waals surface area contributed by atoms with E-state index < -0.39 is 5.97 Å².